The van der Waals surface area contributed by atoms with Gasteiger partial charge in [-0.15, -0.1) is 0 Å². The van der Waals surface area contributed by atoms with Crippen molar-refractivity contribution in [2.45, 2.75) is 0 Å². The number of carbonyl (C=O) groups is 1. The van der Waals surface area contributed by atoms with E-state index in [0.717, 1.165) is 0 Å². The molecule has 0 saturated heterocycles. The van der Waals surface area contributed by atoms with Crippen molar-refractivity contribution >= 4 is 11.7 Å². The molecule has 0 aliphatic heterocycles. The summed E-state index contributed by atoms with van der Waals surface area (Å²) < 4.78 is 0. The van der Waals surface area contributed by atoms with Gasteiger partial charge < -0.3 is 10.6 Å². The monoisotopic (exact) mass is 183 g/mol. The van der Waals surface area contributed by atoms with Gasteiger partial charge in [0.15, 0.2) is 11.5 Å². The molecule has 13 heavy (non-hydrogen) atoms. The highest BCUT2D eigenvalue weighted by atomic mass is 16.2. The van der Waals surface area contributed by atoms with Gasteiger partial charge in [-0.05, 0) is 0 Å². The minimum Gasteiger partial charge on any atom is -0.371 e. The van der Waals surface area contributed by atoms with Crippen LogP contribution in [-0.2, 0) is 0 Å². The van der Waals surface area contributed by atoms with Crippen molar-refractivity contribution in [2.75, 3.05) is 19.4 Å². The van der Waals surface area contributed by atoms with Crippen LogP contribution >= 0.6 is 0 Å². The molecule has 3 N–H and O–H groups in total. The number of nitrogens with zero attached hydrogens (tertiary/aromatic N) is 2. The molecule has 1 aromatic heterocycles. The second-order valence-corrected chi connectivity index (χ2v) is 2.17. The number of hydrogen-bond acceptors (Lipinski definition) is 5. The topological polar surface area (TPSA) is 99.8 Å². The molecule has 0 saturated carbocycles. The van der Waals surface area contributed by atoms with E-state index in [2.05, 4.69) is 25.8 Å². The summed E-state index contributed by atoms with van der Waals surface area (Å²) in [6, 6.07) is 0. The van der Waals surface area contributed by atoms with Gasteiger partial charge in [0.1, 0.15) is 0 Å². The zero-order chi connectivity index (χ0) is 9.84. The van der Waals surface area contributed by atoms with Crippen LogP contribution in [0.1, 0.15) is 10.5 Å². The molecular weight excluding hydrogens is 174 g/mol. The van der Waals surface area contributed by atoms with Crippen molar-refractivity contribution in [1.29, 1.82) is 0 Å². The molecule has 0 atom stereocenters. The van der Waals surface area contributed by atoms with E-state index in [1.807, 2.05) is 0 Å². The van der Waals surface area contributed by atoms with E-state index in [1.54, 1.807) is 7.05 Å². The summed E-state index contributed by atoms with van der Waals surface area (Å²) in [6.45, 7) is 0. The highest BCUT2D eigenvalue weighted by Crippen LogP contribution is 2.02. The van der Waals surface area contributed by atoms with Crippen molar-refractivity contribution in [1.82, 2.24) is 20.5 Å². The lowest BCUT2D eigenvalue weighted by Crippen LogP contribution is -2.25. The Balaban J connectivity index is 3.21. The Morgan fingerprint density at radius 2 is 2.15 bits per heavy atom. The first-order valence-corrected chi connectivity index (χ1v) is 3.55. The third-order valence-electron chi connectivity index (χ3n) is 1.38. The molecule has 0 spiro atoms. The zero-order valence-corrected chi connectivity index (χ0v) is 7.21. The largest absolute Gasteiger partial charge is 0.371 e. The lowest BCUT2D eigenvalue weighted by molar-refractivity contribution is 0.0957. The van der Waals surface area contributed by atoms with Crippen molar-refractivity contribution in [3.05, 3.63) is 16.2 Å². The maximum atomic E-state index is 11.1. The molecule has 0 fully saturated rings. The minimum absolute atomic E-state index is 0.0598. The first-order chi connectivity index (χ1) is 6.19. The van der Waals surface area contributed by atoms with Gasteiger partial charge in [-0.1, -0.05) is 0 Å². The normalized spacial score (nSPS) is 9.38. The summed E-state index contributed by atoms with van der Waals surface area (Å²) >= 11 is 0. The van der Waals surface area contributed by atoms with E-state index in [9.17, 15) is 9.59 Å². The van der Waals surface area contributed by atoms with Gasteiger partial charge >= 0.3 is 5.69 Å². The highest BCUT2D eigenvalue weighted by Gasteiger charge is 2.12. The fourth-order valence-electron chi connectivity index (χ4n) is 0.787. The average molecular weight is 183 g/mol. The molecule has 70 valence electrons. The van der Waals surface area contributed by atoms with Crippen LogP contribution in [0, 0.1) is 0 Å². The fourth-order valence-corrected chi connectivity index (χ4v) is 0.787. The summed E-state index contributed by atoms with van der Waals surface area (Å²) in [5.74, 6) is -0.254. The number of aromatic nitrogens is 3. The molecular formula is C6H9N5O2. The third-order valence-corrected chi connectivity index (χ3v) is 1.38. The predicted octanol–water partition coefficient (Wildman–Crippen LogP) is -1.43. The Bertz CT molecular complexity index is 372. The summed E-state index contributed by atoms with van der Waals surface area (Å²) in [7, 11) is 3.02. The maximum absolute atomic E-state index is 11.1. The van der Waals surface area contributed by atoms with Gasteiger partial charge in [0, 0.05) is 14.1 Å². The lowest BCUT2D eigenvalue weighted by atomic mass is 10.4. The first kappa shape index (κ1) is 9.17. The number of anilines is 1. The third kappa shape index (κ3) is 1.81. The summed E-state index contributed by atoms with van der Waals surface area (Å²) in [6.07, 6.45) is 0. The number of H-pyrrole nitrogens is 1. The van der Waals surface area contributed by atoms with Crippen molar-refractivity contribution in [3.63, 3.8) is 0 Å². The summed E-state index contributed by atoms with van der Waals surface area (Å²) in [5.41, 5.74) is -0.540. The van der Waals surface area contributed by atoms with Gasteiger partial charge in [-0.25, -0.2) is 9.89 Å². The Morgan fingerprint density at radius 1 is 1.46 bits per heavy atom. The molecule has 0 aliphatic carbocycles. The Labute approximate surface area is 73.6 Å². The number of carbonyl (C=O) groups excluding carboxylic acids is 1. The van der Waals surface area contributed by atoms with Gasteiger partial charge in [-0.3, -0.25) is 4.79 Å². The number of amides is 1. The molecule has 1 aromatic rings. The van der Waals surface area contributed by atoms with Gasteiger partial charge in [0.05, 0.1) is 0 Å². The van der Waals surface area contributed by atoms with Gasteiger partial charge in [-0.2, -0.15) is 10.1 Å². The lowest BCUT2D eigenvalue weighted by Gasteiger charge is -2.02. The van der Waals surface area contributed by atoms with Crippen LogP contribution < -0.4 is 16.3 Å². The van der Waals surface area contributed by atoms with Crippen LogP contribution in [0.5, 0.6) is 0 Å². The van der Waals surface area contributed by atoms with Gasteiger partial charge in [0.2, 0.25) is 0 Å². The Kier molecular flexibility index (Phi) is 2.58. The van der Waals surface area contributed by atoms with Crippen LogP contribution in [0.25, 0.3) is 0 Å². The van der Waals surface area contributed by atoms with Crippen molar-refractivity contribution in [3.8, 4) is 0 Å². The maximum Gasteiger partial charge on any atom is 0.363 e. The molecule has 0 radical (unpaired) electrons. The minimum atomic E-state index is -0.600. The summed E-state index contributed by atoms with van der Waals surface area (Å²) in [4.78, 5) is 25.4. The SMILES string of the molecule is CNC(=O)c1n[nH]c(=O)nc1NC. The van der Waals surface area contributed by atoms with E-state index in [1.165, 1.54) is 7.05 Å². The van der Waals surface area contributed by atoms with Crippen LogP contribution in [0.3, 0.4) is 0 Å². The van der Waals surface area contributed by atoms with Crippen LogP contribution in [0.2, 0.25) is 0 Å². The van der Waals surface area contributed by atoms with E-state index in [4.69, 9.17) is 0 Å². The molecule has 7 nitrogen and oxygen atoms in total. The van der Waals surface area contributed by atoms with Crippen LogP contribution in [-0.4, -0.2) is 35.2 Å². The van der Waals surface area contributed by atoms with Crippen molar-refractivity contribution < 1.29 is 4.79 Å². The average Bonchev–Trinajstić information content (AvgIpc) is 2.16. The molecule has 0 bridgehead atoms. The Hall–Kier alpha value is -1.92. The summed E-state index contributed by atoms with van der Waals surface area (Å²) in [5, 5.41) is 10.6. The van der Waals surface area contributed by atoms with Crippen LogP contribution in [0.15, 0.2) is 4.79 Å². The molecule has 1 amide bonds. The van der Waals surface area contributed by atoms with Gasteiger partial charge in [0.25, 0.3) is 5.91 Å². The molecule has 1 heterocycles. The molecule has 0 aromatic carbocycles. The first-order valence-electron chi connectivity index (χ1n) is 3.55. The van der Waals surface area contributed by atoms with E-state index in [-0.39, 0.29) is 11.5 Å². The predicted molar refractivity (Wildman–Crippen MR) is 45.6 cm³/mol. The standard InChI is InChI=1S/C6H9N5O2/c1-7-4-3(5(12)8-2)10-11-6(13)9-4/h1-2H3,(H,8,12)(H2,7,9,11,13). The number of hydrogen-bond donors (Lipinski definition) is 3. The number of rotatable bonds is 2. The fraction of sp³-hybridized carbons (Fsp3) is 0.333. The number of nitrogens with one attached hydrogen (secondary N) is 3. The second-order valence-electron chi connectivity index (χ2n) is 2.17. The zero-order valence-electron chi connectivity index (χ0n) is 7.21. The van der Waals surface area contributed by atoms with Crippen LogP contribution in [0.4, 0.5) is 5.82 Å². The van der Waals surface area contributed by atoms with Crippen molar-refractivity contribution in [2.24, 2.45) is 0 Å². The number of aromatic amines is 1. The molecule has 7 heteroatoms. The molecule has 1 rings (SSSR count). The Morgan fingerprint density at radius 3 is 2.69 bits per heavy atom. The smallest absolute Gasteiger partial charge is 0.363 e. The molecule has 0 unspecified atom stereocenters. The second kappa shape index (κ2) is 3.65. The van der Waals surface area contributed by atoms with E-state index in [0.29, 0.717) is 0 Å². The van der Waals surface area contributed by atoms with E-state index >= 15 is 0 Å². The quantitative estimate of drug-likeness (QED) is 0.521. The molecule has 0 aliphatic rings. The highest BCUT2D eigenvalue weighted by molar-refractivity contribution is 5.96. The van der Waals surface area contributed by atoms with E-state index < -0.39 is 11.6 Å².